The van der Waals surface area contributed by atoms with E-state index in [1.54, 1.807) is 0 Å². The van der Waals surface area contributed by atoms with Crippen LogP contribution in [0.4, 0.5) is 0 Å². The summed E-state index contributed by atoms with van der Waals surface area (Å²) in [5.41, 5.74) is 3.73. The lowest BCUT2D eigenvalue weighted by atomic mass is 10.1. The molecule has 1 heterocycles. The lowest BCUT2D eigenvalue weighted by Crippen LogP contribution is -2.52. The lowest BCUT2D eigenvalue weighted by molar-refractivity contribution is 0.0738. The van der Waals surface area contributed by atoms with Gasteiger partial charge in [-0.3, -0.25) is 4.90 Å². The normalized spacial score (nSPS) is 23.9. The summed E-state index contributed by atoms with van der Waals surface area (Å²) in [5, 5.41) is 9.36. The first kappa shape index (κ1) is 15.0. The zero-order valence-electron chi connectivity index (χ0n) is 12.1. The fraction of sp³-hybridized carbons (Fsp3) is 0.600. The molecule has 0 spiro atoms. The molecular formula is C15H26N2O. The SMILES string of the molecule is C=C/C(C)=C(C)/C=C(\C)N1CCN(C)C(CO)C1. The van der Waals surface area contributed by atoms with Crippen molar-refractivity contribution in [3.05, 3.63) is 35.6 Å². The molecule has 0 aromatic rings. The van der Waals surface area contributed by atoms with Crippen LogP contribution in [0.5, 0.6) is 0 Å². The monoisotopic (exact) mass is 250 g/mol. The number of aliphatic hydroxyl groups is 1. The molecule has 3 nitrogen and oxygen atoms in total. The molecule has 18 heavy (non-hydrogen) atoms. The van der Waals surface area contributed by atoms with Crippen molar-refractivity contribution in [3.63, 3.8) is 0 Å². The Hall–Kier alpha value is -1.06. The molecule has 3 heteroatoms. The van der Waals surface area contributed by atoms with Crippen molar-refractivity contribution in [1.29, 1.82) is 0 Å². The van der Waals surface area contributed by atoms with E-state index in [0.29, 0.717) is 0 Å². The van der Waals surface area contributed by atoms with E-state index in [0.717, 1.165) is 19.6 Å². The van der Waals surface area contributed by atoms with Gasteiger partial charge in [-0.05, 0) is 45.0 Å². The highest BCUT2D eigenvalue weighted by Crippen LogP contribution is 2.16. The number of likely N-dealkylation sites (N-methyl/N-ethyl adjacent to an activating group) is 1. The minimum Gasteiger partial charge on any atom is -0.395 e. The van der Waals surface area contributed by atoms with E-state index in [1.807, 2.05) is 6.08 Å². The van der Waals surface area contributed by atoms with Crippen LogP contribution in [0.25, 0.3) is 0 Å². The number of hydrogen-bond acceptors (Lipinski definition) is 3. The van der Waals surface area contributed by atoms with Gasteiger partial charge in [-0.15, -0.1) is 0 Å². The van der Waals surface area contributed by atoms with Crippen LogP contribution in [-0.2, 0) is 0 Å². The molecule has 0 radical (unpaired) electrons. The summed E-state index contributed by atoms with van der Waals surface area (Å²) in [6, 6.07) is 0.242. The molecule has 1 fully saturated rings. The number of nitrogens with zero attached hydrogens (tertiary/aromatic N) is 2. The smallest absolute Gasteiger partial charge is 0.0604 e. The minimum atomic E-state index is 0.223. The third-order valence-electron chi connectivity index (χ3n) is 3.84. The van der Waals surface area contributed by atoms with Crippen molar-refractivity contribution in [1.82, 2.24) is 9.80 Å². The quantitative estimate of drug-likeness (QED) is 0.773. The Labute approximate surface area is 111 Å². The molecule has 0 bridgehead atoms. The number of piperazine rings is 1. The number of hydrogen-bond donors (Lipinski definition) is 1. The maximum absolute atomic E-state index is 9.36. The molecular weight excluding hydrogens is 224 g/mol. The van der Waals surface area contributed by atoms with E-state index in [-0.39, 0.29) is 12.6 Å². The zero-order chi connectivity index (χ0) is 13.7. The van der Waals surface area contributed by atoms with E-state index in [9.17, 15) is 5.11 Å². The predicted octanol–water partition coefficient (Wildman–Crippen LogP) is 2.02. The summed E-state index contributed by atoms with van der Waals surface area (Å²) in [6.07, 6.45) is 4.09. The van der Waals surface area contributed by atoms with Crippen LogP contribution in [0.15, 0.2) is 35.6 Å². The van der Waals surface area contributed by atoms with Gasteiger partial charge in [0.1, 0.15) is 0 Å². The maximum atomic E-state index is 9.36. The van der Waals surface area contributed by atoms with Crippen molar-refractivity contribution in [2.45, 2.75) is 26.8 Å². The molecule has 1 unspecified atom stereocenters. The Morgan fingerprint density at radius 2 is 1.94 bits per heavy atom. The first-order valence-electron chi connectivity index (χ1n) is 6.53. The van der Waals surface area contributed by atoms with Gasteiger partial charge in [0.15, 0.2) is 0 Å². The van der Waals surface area contributed by atoms with E-state index >= 15 is 0 Å². The number of aliphatic hydroxyl groups excluding tert-OH is 1. The first-order valence-corrected chi connectivity index (χ1v) is 6.53. The lowest BCUT2D eigenvalue weighted by Gasteiger charge is -2.40. The summed E-state index contributed by atoms with van der Waals surface area (Å²) >= 11 is 0. The highest BCUT2D eigenvalue weighted by atomic mass is 16.3. The third-order valence-corrected chi connectivity index (χ3v) is 3.84. The second-order valence-electron chi connectivity index (χ2n) is 5.12. The van der Waals surface area contributed by atoms with Crippen LogP contribution in [0.1, 0.15) is 20.8 Å². The van der Waals surface area contributed by atoms with Crippen molar-refractivity contribution in [2.24, 2.45) is 0 Å². The van der Waals surface area contributed by atoms with Gasteiger partial charge < -0.3 is 10.0 Å². The van der Waals surface area contributed by atoms with Crippen LogP contribution in [0.2, 0.25) is 0 Å². The molecule has 0 saturated carbocycles. The van der Waals surface area contributed by atoms with Crippen LogP contribution in [0.3, 0.4) is 0 Å². The standard InChI is InChI=1S/C15H26N2O/c1-6-12(2)13(3)9-14(4)17-8-7-16(5)15(10-17)11-18/h6,9,15,18H,1,7-8,10-11H2,2-5H3/b13-12+,14-9+. The van der Waals surface area contributed by atoms with Gasteiger partial charge in [0, 0.05) is 31.4 Å². The Kier molecular flexibility index (Phi) is 5.63. The maximum Gasteiger partial charge on any atom is 0.0604 e. The summed E-state index contributed by atoms with van der Waals surface area (Å²) < 4.78 is 0. The fourth-order valence-electron chi connectivity index (χ4n) is 2.14. The second kappa shape index (κ2) is 6.76. The van der Waals surface area contributed by atoms with E-state index in [1.165, 1.54) is 16.8 Å². The van der Waals surface area contributed by atoms with Gasteiger partial charge in [0.25, 0.3) is 0 Å². The Morgan fingerprint density at radius 1 is 1.28 bits per heavy atom. The molecule has 1 atom stereocenters. The van der Waals surface area contributed by atoms with Gasteiger partial charge in [-0.25, -0.2) is 0 Å². The molecule has 102 valence electrons. The fourth-order valence-corrected chi connectivity index (χ4v) is 2.14. The zero-order valence-corrected chi connectivity index (χ0v) is 12.1. The highest BCUT2D eigenvalue weighted by Gasteiger charge is 2.23. The molecule has 0 aromatic heterocycles. The number of rotatable bonds is 4. The van der Waals surface area contributed by atoms with Crippen LogP contribution < -0.4 is 0 Å². The molecule has 1 rings (SSSR count). The van der Waals surface area contributed by atoms with E-state index < -0.39 is 0 Å². The predicted molar refractivity (Wildman–Crippen MR) is 77.4 cm³/mol. The summed E-state index contributed by atoms with van der Waals surface area (Å²) in [4.78, 5) is 4.57. The van der Waals surface area contributed by atoms with Gasteiger partial charge in [0.05, 0.1) is 6.61 Å². The van der Waals surface area contributed by atoms with Crippen molar-refractivity contribution in [3.8, 4) is 0 Å². The van der Waals surface area contributed by atoms with Crippen LogP contribution >= 0.6 is 0 Å². The van der Waals surface area contributed by atoms with Crippen molar-refractivity contribution < 1.29 is 5.11 Å². The summed E-state index contributed by atoms with van der Waals surface area (Å²) in [6.45, 7) is 13.3. The summed E-state index contributed by atoms with van der Waals surface area (Å²) in [5.74, 6) is 0. The Morgan fingerprint density at radius 3 is 2.50 bits per heavy atom. The van der Waals surface area contributed by atoms with Crippen LogP contribution in [-0.4, -0.2) is 54.2 Å². The van der Waals surface area contributed by atoms with Gasteiger partial charge in [-0.1, -0.05) is 12.7 Å². The van der Waals surface area contributed by atoms with Crippen molar-refractivity contribution >= 4 is 0 Å². The largest absolute Gasteiger partial charge is 0.395 e. The molecule has 0 aromatic carbocycles. The van der Waals surface area contributed by atoms with Crippen molar-refractivity contribution in [2.75, 3.05) is 33.3 Å². The average Bonchev–Trinajstić information content (AvgIpc) is 2.37. The minimum absolute atomic E-state index is 0.223. The summed E-state index contributed by atoms with van der Waals surface area (Å²) in [7, 11) is 2.07. The molecule has 1 N–H and O–H groups in total. The second-order valence-corrected chi connectivity index (χ2v) is 5.12. The van der Waals surface area contributed by atoms with Crippen LogP contribution in [0, 0.1) is 0 Å². The highest BCUT2D eigenvalue weighted by molar-refractivity contribution is 5.30. The Bertz CT molecular complexity index is 358. The third kappa shape index (κ3) is 3.72. The van der Waals surface area contributed by atoms with Gasteiger partial charge in [-0.2, -0.15) is 0 Å². The van der Waals surface area contributed by atoms with Gasteiger partial charge >= 0.3 is 0 Å². The molecule has 0 aliphatic carbocycles. The molecule has 0 amide bonds. The first-order chi connectivity index (χ1) is 8.49. The molecule has 1 aliphatic rings. The van der Waals surface area contributed by atoms with Gasteiger partial charge in [0.2, 0.25) is 0 Å². The van der Waals surface area contributed by atoms with E-state index in [4.69, 9.17) is 0 Å². The number of allylic oxidation sites excluding steroid dienone is 5. The molecule has 1 aliphatic heterocycles. The van der Waals surface area contributed by atoms with E-state index in [2.05, 4.69) is 50.3 Å². The molecule has 1 saturated heterocycles. The topological polar surface area (TPSA) is 26.7 Å². The average molecular weight is 250 g/mol. The Balaban J connectivity index is 2.76.